The Balaban J connectivity index is 1.78. The number of esters is 1. The molecule has 1 N–H and O–H groups in total. The predicted molar refractivity (Wildman–Crippen MR) is 155 cm³/mol. The van der Waals surface area contributed by atoms with Crippen molar-refractivity contribution in [2.24, 2.45) is 0 Å². The number of carbonyl (C=O) groups excluding carboxylic acids is 1. The minimum absolute atomic E-state index is 0.148. The van der Waals surface area contributed by atoms with Gasteiger partial charge in [-0.25, -0.2) is 9.59 Å². The van der Waals surface area contributed by atoms with Gasteiger partial charge in [0, 0.05) is 31.3 Å². The number of ether oxygens (including phenoxy) is 1. The first-order valence-corrected chi connectivity index (χ1v) is 13.9. The van der Waals surface area contributed by atoms with Gasteiger partial charge in [-0.15, -0.1) is 22.7 Å². The van der Waals surface area contributed by atoms with E-state index < -0.39 is 22.3 Å². The van der Waals surface area contributed by atoms with E-state index in [0.717, 1.165) is 41.7 Å². The summed E-state index contributed by atoms with van der Waals surface area (Å²) in [6, 6.07) is 23.4. The average Bonchev–Trinajstić information content (AvgIpc) is 3.46. The van der Waals surface area contributed by atoms with Crippen LogP contribution in [0.3, 0.4) is 0 Å². The molecule has 6 rings (SSSR count). The lowest BCUT2D eigenvalue weighted by atomic mass is 9.93. The van der Waals surface area contributed by atoms with Crippen LogP contribution in [0.5, 0.6) is 0 Å². The molecular weight excluding hydrogens is 571 g/mol. The summed E-state index contributed by atoms with van der Waals surface area (Å²) in [6.45, 7) is -0.440. The molecule has 2 heterocycles. The van der Waals surface area contributed by atoms with Crippen molar-refractivity contribution in [3.8, 4) is 11.1 Å². The standard InChI is InChI=1S/C28H15Cl3O4S2/c29-28(30,31)13-35-27(34)25-23(21-17-8-4-2-6-15(17)10-12-19(21)37-25)22-20-16-7-3-1-5-14(16)9-11-18(20)36-24(22)26(32)33/h1-12H,13H2,(H,32,33). The largest absolute Gasteiger partial charge is 0.477 e. The Bertz CT molecular complexity index is 1880. The minimum Gasteiger partial charge on any atom is -0.477 e. The van der Waals surface area contributed by atoms with Crippen LogP contribution in [0.15, 0.2) is 72.8 Å². The van der Waals surface area contributed by atoms with E-state index in [9.17, 15) is 14.7 Å². The normalized spacial score (nSPS) is 12.1. The molecule has 0 saturated heterocycles. The highest BCUT2D eigenvalue weighted by atomic mass is 35.6. The molecule has 0 radical (unpaired) electrons. The summed E-state index contributed by atoms with van der Waals surface area (Å²) >= 11 is 20.0. The number of alkyl halides is 3. The van der Waals surface area contributed by atoms with Crippen molar-refractivity contribution in [1.82, 2.24) is 0 Å². The van der Waals surface area contributed by atoms with E-state index in [1.807, 2.05) is 72.8 Å². The van der Waals surface area contributed by atoms with Crippen LogP contribution in [0.25, 0.3) is 52.8 Å². The molecule has 6 aromatic rings. The molecule has 0 unspecified atom stereocenters. The summed E-state index contributed by atoms with van der Waals surface area (Å²) in [5, 5.41) is 15.6. The van der Waals surface area contributed by atoms with Crippen molar-refractivity contribution in [2.45, 2.75) is 3.79 Å². The number of carboxylic acid groups (broad SMARTS) is 1. The van der Waals surface area contributed by atoms with Crippen LogP contribution in [0.1, 0.15) is 19.3 Å². The summed E-state index contributed by atoms with van der Waals surface area (Å²) in [5.74, 6) is -1.75. The topological polar surface area (TPSA) is 63.6 Å². The number of thiophene rings is 2. The SMILES string of the molecule is O=C(O)c1sc2ccc3ccccc3c2c1-c1c(C(=O)OCC(Cl)(Cl)Cl)sc2ccc3ccccc3c12. The van der Waals surface area contributed by atoms with Gasteiger partial charge in [0.15, 0.2) is 0 Å². The highest BCUT2D eigenvalue weighted by molar-refractivity contribution is 7.23. The molecule has 0 aliphatic heterocycles. The van der Waals surface area contributed by atoms with Gasteiger partial charge in [-0.3, -0.25) is 0 Å². The average molecular weight is 586 g/mol. The van der Waals surface area contributed by atoms with Crippen LogP contribution in [0, 0.1) is 0 Å². The predicted octanol–water partition coefficient (Wildman–Crippen LogP) is 9.31. The highest BCUT2D eigenvalue weighted by Crippen LogP contribution is 2.50. The van der Waals surface area contributed by atoms with E-state index in [1.54, 1.807) is 0 Å². The van der Waals surface area contributed by atoms with Crippen molar-refractivity contribution in [3.63, 3.8) is 0 Å². The Morgan fingerprint density at radius 3 is 1.73 bits per heavy atom. The Kier molecular flexibility index (Phi) is 6.05. The van der Waals surface area contributed by atoms with Gasteiger partial charge < -0.3 is 9.84 Å². The Labute approximate surface area is 233 Å². The molecule has 37 heavy (non-hydrogen) atoms. The molecule has 0 aliphatic carbocycles. The fourth-order valence-corrected chi connectivity index (χ4v) is 7.07. The molecule has 0 saturated carbocycles. The molecule has 2 aromatic heterocycles. The van der Waals surface area contributed by atoms with Gasteiger partial charge in [0.05, 0.1) is 0 Å². The number of aromatic carboxylic acids is 1. The van der Waals surface area contributed by atoms with Crippen LogP contribution in [0.2, 0.25) is 0 Å². The van der Waals surface area contributed by atoms with Crippen LogP contribution >= 0.6 is 57.5 Å². The van der Waals surface area contributed by atoms with E-state index in [0.29, 0.717) is 11.1 Å². The lowest BCUT2D eigenvalue weighted by Crippen LogP contribution is -2.17. The summed E-state index contributed by atoms with van der Waals surface area (Å²) in [5.41, 5.74) is 1.01. The van der Waals surface area contributed by atoms with Gasteiger partial charge in [-0.05, 0) is 33.7 Å². The van der Waals surface area contributed by atoms with Crippen LogP contribution in [0.4, 0.5) is 0 Å². The van der Waals surface area contributed by atoms with Gasteiger partial charge in [0.25, 0.3) is 0 Å². The van der Waals surface area contributed by atoms with Crippen LogP contribution in [-0.4, -0.2) is 27.4 Å². The zero-order valence-corrected chi connectivity index (χ0v) is 22.7. The Morgan fingerprint density at radius 2 is 1.22 bits per heavy atom. The number of halogens is 3. The van der Waals surface area contributed by atoms with Gasteiger partial charge in [-0.1, -0.05) is 95.5 Å². The first kappa shape index (κ1) is 24.5. The van der Waals surface area contributed by atoms with Gasteiger partial charge in [0.1, 0.15) is 16.4 Å². The van der Waals surface area contributed by atoms with Crippen molar-refractivity contribution in [2.75, 3.05) is 6.61 Å². The maximum absolute atomic E-state index is 13.5. The summed E-state index contributed by atoms with van der Waals surface area (Å²) in [4.78, 5) is 26.5. The first-order valence-electron chi connectivity index (χ1n) is 11.1. The number of hydrogen-bond acceptors (Lipinski definition) is 5. The summed E-state index contributed by atoms with van der Waals surface area (Å²) < 4.78 is 5.26. The molecule has 0 aliphatic rings. The molecule has 0 atom stereocenters. The second-order valence-corrected chi connectivity index (χ2v) is 13.0. The number of rotatable bonds is 4. The highest BCUT2D eigenvalue weighted by Gasteiger charge is 2.31. The van der Waals surface area contributed by atoms with E-state index >= 15 is 0 Å². The van der Waals surface area contributed by atoms with Gasteiger partial charge in [0.2, 0.25) is 3.79 Å². The monoisotopic (exact) mass is 584 g/mol. The molecule has 0 fully saturated rings. The number of fused-ring (bicyclic) bond motifs is 6. The van der Waals surface area contributed by atoms with Crippen molar-refractivity contribution in [1.29, 1.82) is 0 Å². The third-order valence-corrected chi connectivity index (χ3v) is 8.76. The first-order chi connectivity index (χ1) is 17.7. The summed E-state index contributed by atoms with van der Waals surface area (Å²) in [6.07, 6.45) is 0. The molecular formula is C28H15Cl3O4S2. The lowest BCUT2D eigenvalue weighted by Gasteiger charge is -2.12. The fourth-order valence-electron chi connectivity index (χ4n) is 4.72. The van der Waals surface area contributed by atoms with E-state index in [-0.39, 0.29) is 9.75 Å². The van der Waals surface area contributed by atoms with E-state index in [4.69, 9.17) is 39.5 Å². The molecule has 0 spiro atoms. The maximum Gasteiger partial charge on any atom is 0.349 e. The third-order valence-electron chi connectivity index (χ3n) is 6.16. The number of carbonyl (C=O) groups is 2. The Morgan fingerprint density at radius 1 is 0.730 bits per heavy atom. The summed E-state index contributed by atoms with van der Waals surface area (Å²) in [7, 11) is 0. The second-order valence-electron chi connectivity index (χ2n) is 8.43. The second kappa shape index (κ2) is 9.15. The molecule has 9 heteroatoms. The van der Waals surface area contributed by atoms with Crippen LogP contribution < -0.4 is 0 Å². The maximum atomic E-state index is 13.5. The fraction of sp³-hybridized carbons (Fsp3) is 0.0714. The molecule has 4 aromatic carbocycles. The van der Waals surface area contributed by atoms with E-state index in [2.05, 4.69) is 0 Å². The molecule has 0 amide bonds. The molecule has 184 valence electrons. The van der Waals surface area contributed by atoms with E-state index in [1.165, 1.54) is 22.7 Å². The van der Waals surface area contributed by atoms with Crippen molar-refractivity contribution >= 4 is 111 Å². The zero-order valence-electron chi connectivity index (χ0n) is 18.8. The smallest absolute Gasteiger partial charge is 0.349 e. The minimum atomic E-state index is -1.78. The lowest BCUT2D eigenvalue weighted by molar-refractivity contribution is 0.0518. The number of hydrogen-bond donors (Lipinski definition) is 1. The third kappa shape index (κ3) is 4.23. The van der Waals surface area contributed by atoms with Crippen LogP contribution in [-0.2, 0) is 4.74 Å². The van der Waals surface area contributed by atoms with Crippen molar-refractivity contribution < 1.29 is 19.4 Å². The van der Waals surface area contributed by atoms with Crippen molar-refractivity contribution in [3.05, 3.63) is 82.6 Å². The molecule has 0 bridgehead atoms. The van der Waals surface area contributed by atoms with Gasteiger partial charge >= 0.3 is 11.9 Å². The Hall–Kier alpha value is -2.87. The number of benzene rings is 4. The van der Waals surface area contributed by atoms with Gasteiger partial charge in [-0.2, -0.15) is 0 Å². The number of carboxylic acids is 1. The zero-order chi connectivity index (χ0) is 25.9. The molecule has 4 nitrogen and oxygen atoms in total. The quantitative estimate of drug-likeness (QED) is 0.165.